The Morgan fingerprint density at radius 2 is 2.26 bits per heavy atom. The summed E-state index contributed by atoms with van der Waals surface area (Å²) in [6, 6.07) is 0.396. The van der Waals surface area contributed by atoms with Gasteiger partial charge in [0.1, 0.15) is 6.33 Å². The Morgan fingerprint density at radius 3 is 2.84 bits per heavy atom. The Balaban J connectivity index is 2.13. The van der Waals surface area contributed by atoms with Crippen LogP contribution in [0.4, 0.5) is 17.3 Å². The number of hydrogen-bond acceptors (Lipinski definition) is 7. The van der Waals surface area contributed by atoms with E-state index < -0.39 is 4.92 Å². The predicted octanol–water partition coefficient (Wildman–Crippen LogP) is 0.933. The Kier molecular flexibility index (Phi) is 4.10. The molecule has 1 aromatic rings. The van der Waals surface area contributed by atoms with Gasteiger partial charge in [-0.3, -0.25) is 10.1 Å². The molecule has 0 saturated carbocycles. The summed E-state index contributed by atoms with van der Waals surface area (Å²) in [5.74, 6) is 0.493. The number of hydrogen-bond donors (Lipinski definition) is 2. The first-order valence-electron chi connectivity index (χ1n) is 6.24. The van der Waals surface area contributed by atoms with Gasteiger partial charge in [-0.25, -0.2) is 9.97 Å². The average molecular weight is 266 g/mol. The van der Waals surface area contributed by atoms with Crippen molar-refractivity contribution in [1.82, 2.24) is 14.9 Å². The lowest BCUT2D eigenvalue weighted by Gasteiger charge is -2.19. The summed E-state index contributed by atoms with van der Waals surface area (Å²) >= 11 is 0. The van der Waals surface area contributed by atoms with Crippen molar-refractivity contribution in [2.24, 2.45) is 0 Å². The number of nitro groups is 1. The molecule has 0 bridgehead atoms. The molecule has 1 aromatic heterocycles. The predicted molar refractivity (Wildman–Crippen MR) is 72.4 cm³/mol. The molecule has 1 aliphatic heterocycles. The molecule has 2 heterocycles. The number of anilines is 2. The number of nitrogens with zero attached hydrogens (tertiary/aromatic N) is 4. The fourth-order valence-electron chi connectivity index (χ4n) is 2.32. The summed E-state index contributed by atoms with van der Waals surface area (Å²) in [5, 5.41) is 16.9. The lowest BCUT2D eigenvalue weighted by atomic mass is 10.2. The van der Waals surface area contributed by atoms with Crippen molar-refractivity contribution in [3.63, 3.8) is 0 Å². The van der Waals surface area contributed by atoms with Gasteiger partial charge in [0.25, 0.3) is 0 Å². The first-order valence-corrected chi connectivity index (χ1v) is 6.24. The van der Waals surface area contributed by atoms with Crippen LogP contribution in [0.15, 0.2) is 6.33 Å². The van der Waals surface area contributed by atoms with E-state index in [1.165, 1.54) is 6.33 Å². The number of nitrogens with one attached hydrogen (secondary N) is 2. The van der Waals surface area contributed by atoms with Gasteiger partial charge in [-0.2, -0.15) is 0 Å². The van der Waals surface area contributed by atoms with E-state index in [1.807, 2.05) is 0 Å². The largest absolute Gasteiger partial charge is 0.367 e. The minimum Gasteiger partial charge on any atom is -0.367 e. The molecule has 8 heteroatoms. The first kappa shape index (κ1) is 13.5. The van der Waals surface area contributed by atoms with Crippen molar-refractivity contribution < 1.29 is 4.92 Å². The smallest absolute Gasteiger partial charge is 0.353 e. The van der Waals surface area contributed by atoms with Gasteiger partial charge in [-0.05, 0) is 26.4 Å². The summed E-state index contributed by atoms with van der Waals surface area (Å²) in [7, 11) is 3.66. The summed E-state index contributed by atoms with van der Waals surface area (Å²) in [6.45, 7) is 1.72. The normalized spacial score (nSPS) is 19.4. The highest BCUT2D eigenvalue weighted by atomic mass is 16.6. The summed E-state index contributed by atoms with van der Waals surface area (Å²) in [6.07, 6.45) is 3.58. The van der Waals surface area contributed by atoms with Crippen molar-refractivity contribution in [3.8, 4) is 0 Å². The maximum atomic E-state index is 11.1. The van der Waals surface area contributed by atoms with E-state index in [1.54, 1.807) is 7.05 Å². The quantitative estimate of drug-likeness (QED) is 0.604. The van der Waals surface area contributed by atoms with Crippen LogP contribution in [0.3, 0.4) is 0 Å². The van der Waals surface area contributed by atoms with Crippen LogP contribution in [0.5, 0.6) is 0 Å². The molecule has 19 heavy (non-hydrogen) atoms. The van der Waals surface area contributed by atoms with E-state index in [-0.39, 0.29) is 17.3 Å². The van der Waals surface area contributed by atoms with Crippen LogP contribution in [-0.4, -0.2) is 53.0 Å². The molecule has 0 aliphatic carbocycles. The Hall–Kier alpha value is -1.96. The molecule has 1 fully saturated rings. The van der Waals surface area contributed by atoms with Crippen molar-refractivity contribution >= 4 is 17.3 Å². The van der Waals surface area contributed by atoms with Gasteiger partial charge >= 0.3 is 5.69 Å². The monoisotopic (exact) mass is 266 g/mol. The lowest BCUT2D eigenvalue weighted by molar-refractivity contribution is -0.383. The second-order valence-corrected chi connectivity index (χ2v) is 4.58. The van der Waals surface area contributed by atoms with Crippen LogP contribution in [0.25, 0.3) is 0 Å². The molecule has 2 N–H and O–H groups in total. The molecule has 1 atom stereocenters. The zero-order valence-corrected chi connectivity index (χ0v) is 11.1. The summed E-state index contributed by atoms with van der Waals surface area (Å²) < 4.78 is 0. The highest BCUT2D eigenvalue weighted by Crippen LogP contribution is 2.28. The minimum absolute atomic E-state index is 0.106. The van der Waals surface area contributed by atoms with Crippen molar-refractivity contribution in [3.05, 3.63) is 16.4 Å². The van der Waals surface area contributed by atoms with E-state index in [2.05, 4.69) is 32.5 Å². The van der Waals surface area contributed by atoms with Gasteiger partial charge < -0.3 is 15.5 Å². The molecule has 104 valence electrons. The van der Waals surface area contributed by atoms with Crippen molar-refractivity contribution in [1.29, 1.82) is 0 Å². The van der Waals surface area contributed by atoms with Crippen molar-refractivity contribution in [2.45, 2.75) is 18.9 Å². The van der Waals surface area contributed by atoms with Crippen LogP contribution in [-0.2, 0) is 0 Å². The topological polar surface area (TPSA) is 96.2 Å². The van der Waals surface area contributed by atoms with E-state index >= 15 is 0 Å². The number of likely N-dealkylation sites (N-methyl/N-ethyl adjacent to an activating group) is 1. The number of aromatic nitrogens is 2. The third-order valence-corrected chi connectivity index (χ3v) is 3.42. The van der Waals surface area contributed by atoms with Crippen molar-refractivity contribution in [2.75, 3.05) is 37.8 Å². The molecular weight excluding hydrogens is 248 g/mol. The molecule has 1 unspecified atom stereocenters. The SMILES string of the molecule is CNc1ncnc(NCC2CCCN2C)c1[N+](=O)[O-]. The maximum Gasteiger partial charge on any atom is 0.353 e. The molecule has 1 aliphatic rings. The van der Waals surface area contributed by atoms with Crippen LogP contribution in [0.2, 0.25) is 0 Å². The molecule has 0 amide bonds. The minimum atomic E-state index is -0.466. The molecule has 1 saturated heterocycles. The molecule has 2 rings (SSSR count). The highest BCUT2D eigenvalue weighted by molar-refractivity contribution is 5.68. The number of rotatable bonds is 5. The maximum absolute atomic E-state index is 11.1. The van der Waals surface area contributed by atoms with Gasteiger partial charge in [-0.1, -0.05) is 0 Å². The fourth-order valence-corrected chi connectivity index (χ4v) is 2.32. The second kappa shape index (κ2) is 5.79. The van der Waals surface area contributed by atoms with Crippen LogP contribution in [0.1, 0.15) is 12.8 Å². The summed E-state index contributed by atoms with van der Waals surface area (Å²) in [4.78, 5) is 20.7. The van der Waals surface area contributed by atoms with Crippen LogP contribution in [0, 0.1) is 10.1 Å². The van der Waals surface area contributed by atoms with E-state index in [0.29, 0.717) is 12.6 Å². The van der Waals surface area contributed by atoms with E-state index in [4.69, 9.17) is 0 Å². The fraction of sp³-hybridized carbons (Fsp3) is 0.636. The zero-order valence-electron chi connectivity index (χ0n) is 11.1. The standard InChI is InChI=1S/C11H18N6O2/c1-12-10-9(17(18)19)11(15-7-14-10)13-6-8-4-3-5-16(8)2/h7-8H,3-6H2,1-2H3,(H2,12,13,14,15). The van der Waals surface area contributed by atoms with Gasteiger partial charge in [0, 0.05) is 19.6 Å². The molecular formula is C11H18N6O2. The van der Waals surface area contributed by atoms with Gasteiger partial charge in [0.15, 0.2) is 0 Å². The average Bonchev–Trinajstić information content (AvgIpc) is 2.81. The zero-order chi connectivity index (χ0) is 13.8. The Morgan fingerprint density at radius 1 is 1.53 bits per heavy atom. The summed E-state index contributed by atoms with van der Waals surface area (Å²) in [5.41, 5.74) is -0.106. The molecule has 0 aromatic carbocycles. The third kappa shape index (κ3) is 2.90. The number of likely N-dealkylation sites (tertiary alicyclic amines) is 1. The Bertz CT molecular complexity index is 466. The lowest BCUT2D eigenvalue weighted by Crippen LogP contribution is -2.31. The van der Waals surface area contributed by atoms with Crippen LogP contribution < -0.4 is 10.6 Å². The molecule has 0 spiro atoms. The van der Waals surface area contributed by atoms with Gasteiger partial charge in [0.05, 0.1) is 4.92 Å². The Labute approximate surface area is 111 Å². The molecule has 8 nitrogen and oxygen atoms in total. The van der Waals surface area contributed by atoms with Gasteiger partial charge in [-0.15, -0.1) is 0 Å². The van der Waals surface area contributed by atoms with Crippen LogP contribution >= 0.6 is 0 Å². The molecule has 0 radical (unpaired) electrons. The van der Waals surface area contributed by atoms with E-state index in [9.17, 15) is 10.1 Å². The van der Waals surface area contributed by atoms with Gasteiger partial charge in [0.2, 0.25) is 11.6 Å². The second-order valence-electron chi connectivity index (χ2n) is 4.58. The van der Waals surface area contributed by atoms with E-state index in [0.717, 1.165) is 19.4 Å². The first-order chi connectivity index (χ1) is 9.13. The highest BCUT2D eigenvalue weighted by Gasteiger charge is 2.25. The third-order valence-electron chi connectivity index (χ3n) is 3.42.